The molecule has 0 bridgehead atoms. The third-order valence-electron chi connectivity index (χ3n) is 19.2. The summed E-state index contributed by atoms with van der Waals surface area (Å²) in [5.41, 5.74) is 27.3. The summed E-state index contributed by atoms with van der Waals surface area (Å²) in [7, 11) is 0. The molecule has 0 saturated carbocycles. The molecule has 0 aliphatic heterocycles. The van der Waals surface area contributed by atoms with E-state index in [9.17, 15) is 0 Å². The van der Waals surface area contributed by atoms with Crippen molar-refractivity contribution in [3.63, 3.8) is 0 Å². The van der Waals surface area contributed by atoms with Crippen LogP contribution in [0.4, 0.5) is 0 Å². The molecule has 142 heavy (non-hydrogen) atoms. The average molecular weight is 1870 g/mol. The third-order valence-corrected chi connectivity index (χ3v) is 19.2. The van der Waals surface area contributed by atoms with E-state index in [1.807, 2.05) is 377 Å². The van der Waals surface area contributed by atoms with Crippen LogP contribution in [0.1, 0.15) is 117 Å². The molecule has 0 spiro atoms. The van der Waals surface area contributed by atoms with E-state index in [1.54, 1.807) is 0 Å². The first-order valence-corrected chi connectivity index (χ1v) is 48.8. The lowest BCUT2D eigenvalue weighted by Crippen LogP contribution is -1.80. The highest BCUT2D eigenvalue weighted by molar-refractivity contribution is 5.25. The van der Waals surface area contributed by atoms with Crippen LogP contribution in [-0.4, -0.2) is 5.11 Å². The van der Waals surface area contributed by atoms with Crippen LogP contribution in [0.2, 0.25) is 0 Å². The molecule has 20 rings (SSSR count). The fourth-order valence-electron chi connectivity index (χ4n) is 10.8. The quantitative estimate of drug-likeness (QED) is 0.174. The molecule has 732 valence electrons. The normalized spacial score (nSPS) is 8.77. The lowest BCUT2D eigenvalue weighted by atomic mass is 10.2. The van der Waals surface area contributed by atoms with E-state index < -0.39 is 0 Å². The van der Waals surface area contributed by atoms with Crippen molar-refractivity contribution in [2.45, 2.75) is 145 Å². The minimum absolute atomic E-state index is 0.139. The average Bonchev–Trinajstić information content (AvgIpc) is 0.935. The van der Waals surface area contributed by atoms with Crippen LogP contribution in [0.15, 0.2) is 601 Å². The minimum atomic E-state index is 0.139. The molecule has 0 saturated heterocycles. The van der Waals surface area contributed by atoms with Gasteiger partial charge in [0.05, 0.1) is 6.61 Å². The van der Waals surface area contributed by atoms with Crippen LogP contribution in [0.5, 0.6) is 0 Å². The molecule has 0 fully saturated rings. The number of aliphatic hydroxyl groups is 1. The fraction of sp³-hybridized carbons (Fsp3) is 0.149. The third kappa shape index (κ3) is 86.0. The van der Waals surface area contributed by atoms with E-state index in [0.29, 0.717) is 0 Å². The van der Waals surface area contributed by atoms with Gasteiger partial charge in [0.1, 0.15) is 0 Å². The largest absolute Gasteiger partial charge is 0.392 e. The molecule has 0 aliphatic rings. The molecule has 0 unspecified atom stereocenters. The standard InChI is InChI=1S/C8H10O.19C7H8/c1-7-2-4-8(6-9)5-3-7;19*1-7-5-3-2-4-6-7/h2-5,9H,6H2,1H3;19*2-6H,1H3. The van der Waals surface area contributed by atoms with Crippen LogP contribution >= 0.6 is 0 Å². The number of hydrogen-bond donors (Lipinski definition) is 1. The maximum absolute atomic E-state index is 8.63. The van der Waals surface area contributed by atoms with Gasteiger partial charge in [0.25, 0.3) is 0 Å². The number of aryl methyl sites for hydroxylation is 20. The Morgan fingerprint density at radius 1 is 0.0845 bits per heavy atom. The zero-order chi connectivity index (χ0) is 104. The van der Waals surface area contributed by atoms with E-state index in [0.717, 1.165) is 5.56 Å². The lowest BCUT2D eigenvalue weighted by molar-refractivity contribution is 0.282. The predicted octanol–water partition coefficient (Wildman–Crippen LogP) is 39.4. The maximum Gasteiger partial charge on any atom is 0.0681 e. The van der Waals surface area contributed by atoms with Gasteiger partial charge in [0, 0.05) is 0 Å². The van der Waals surface area contributed by atoms with Crippen molar-refractivity contribution in [1.29, 1.82) is 0 Å². The first-order valence-electron chi connectivity index (χ1n) is 48.8. The summed E-state index contributed by atoms with van der Waals surface area (Å²) in [6.07, 6.45) is 0. The summed E-state index contributed by atoms with van der Waals surface area (Å²) in [5, 5.41) is 8.63. The Bertz CT molecular complexity index is 4410. The Balaban J connectivity index is 0.000000748. The molecule has 1 N–H and O–H groups in total. The topological polar surface area (TPSA) is 20.2 Å². The first-order chi connectivity index (χ1) is 68.8. The molecule has 0 aromatic heterocycles. The SMILES string of the molecule is Cc1ccc(CO)cc1.Cc1ccccc1.Cc1ccccc1.Cc1ccccc1.Cc1ccccc1.Cc1ccccc1.Cc1ccccc1.Cc1ccccc1.Cc1ccccc1.Cc1ccccc1.Cc1ccccc1.Cc1ccccc1.Cc1ccccc1.Cc1ccccc1.Cc1ccccc1.Cc1ccccc1.Cc1ccccc1.Cc1ccccc1.Cc1ccccc1.Cc1ccccc1. The van der Waals surface area contributed by atoms with Gasteiger partial charge in [-0.1, -0.05) is 712 Å². The van der Waals surface area contributed by atoms with Gasteiger partial charge in [-0.15, -0.1) is 0 Å². The number of rotatable bonds is 1. The van der Waals surface area contributed by atoms with Gasteiger partial charge in [0.2, 0.25) is 0 Å². The lowest BCUT2D eigenvalue weighted by Gasteiger charge is -1.93. The molecule has 1 nitrogen and oxygen atoms in total. The first kappa shape index (κ1) is 124. The highest BCUT2D eigenvalue weighted by atomic mass is 16.3. The van der Waals surface area contributed by atoms with Gasteiger partial charge in [-0.2, -0.15) is 0 Å². The minimum Gasteiger partial charge on any atom is -0.392 e. The van der Waals surface area contributed by atoms with Gasteiger partial charge in [-0.05, 0) is 144 Å². The molecule has 1 heteroatoms. The summed E-state index contributed by atoms with van der Waals surface area (Å²) in [6.45, 7) is 41.8. The number of aliphatic hydroxyl groups excluding tert-OH is 1. The van der Waals surface area contributed by atoms with Crippen LogP contribution in [0.3, 0.4) is 0 Å². The van der Waals surface area contributed by atoms with Gasteiger partial charge in [0.15, 0.2) is 0 Å². The van der Waals surface area contributed by atoms with Crippen molar-refractivity contribution >= 4 is 0 Å². The Labute approximate surface area is 861 Å². The zero-order valence-electron chi connectivity index (χ0n) is 88.8. The van der Waals surface area contributed by atoms with Crippen LogP contribution in [0.25, 0.3) is 0 Å². The summed E-state index contributed by atoms with van der Waals surface area (Å²) < 4.78 is 0. The molecule has 0 amide bonds. The second-order valence-electron chi connectivity index (χ2n) is 33.6. The molecule has 0 aliphatic carbocycles. The Morgan fingerprint density at radius 2 is 0.141 bits per heavy atom. The van der Waals surface area contributed by atoms with Crippen molar-refractivity contribution in [1.82, 2.24) is 0 Å². The Kier molecular flexibility index (Phi) is 78.2. The summed E-state index contributed by atoms with van der Waals surface area (Å²) in [5.74, 6) is 0. The molecule has 20 aromatic rings. The molecular weight excluding hydrogens is 1710 g/mol. The van der Waals surface area contributed by atoms with E-state index in [2.05, 4.69) is 362 Å². The molecule has 0 heterocycles. The smallest absolute Gasteiger partial charge is 0.0681 e. The van der Waals surface area contributed by atoms with Crippen molar-refractivity contribution in [2.24, 2.45) is 0 Å². The zero-order valence-corrected chi connectivity index (χ0v) is 88.8. The van der Waals surface area contributed by atoms with Gasteiger partial charge in [-0.25, -0.2) is 0 Å². The van der Waals surface area contributed by atoms with Gasteiger partial charge >= 0.3 is 0 Å². The van der Waals surface area contributed by atoms with E-state index in [4.69, 9.17) is 5.11 Å². The molecule has 20 aromatic carbocycles. The molecule has 0 radical (unpaired) electrons. The Hall–Kier alpha value is -15.6. The summed E-state index contributed by atoms with van der Waals surface area (Å²) >= 11 is 0. The second kappa shape index (κ2) is 89.3. The van der Waals surface area contributed by atoms with E-state index in [-0.39, 0.29) is 6.61 Å². The molecular formula is C141H162O. The van der Waals surface area contributed by atoms with Crippen molar-refractivity contribution in [2.75, 3.05) is 0 Å². The second-order valence-corrected chi connectivity index (χ2v) is 33.6. The maximum atomic E-state index is 8.63. The highest BCUT2D eigenvalue weighted by Crippen LogP contribution is 2.06. The van der Waals surface area contributed by atoms with Crippen molar-refractivity contribution in [3.8, 4) is 0 Å². The number of benzene rings is 20. The summed E-state index contributed by atoms with van der Waals surface area (Å²) in [4.78, 5) is 0. The molecule has 0 atom stereocenters. The van der Waals surface area contributed by atoms with Crippen molar-refractivity contribution < 1.29 is 5.11 Å². The fourth-order valence-corrected chi connectivity index (χ4v) is 10.8. The predicted molar refractivity (Wildman–Crippen MR) is 630 cm³/mol. The summed E-state index contributed by atoms with van der Waals surface area (Å²) in [6, 6.07) is 203. The van der Waals surface area contributed by atoms with E-state index in [1.165, 1.54) is 111 Å². The van der Waals surface area contributed by atoms with Crippen LogP contribution in [-0.2, 0) is 6.61 Å². The number of hydrogen-bond acceptors (Lipinski definition) is 1. The van der Waals surface area contributed by atoms with Crippen LogP contribution in [0, 0.1) is 138 Å². The van der Waals surface area contributed by atoms with Gasteiger partial charge in [-0.3, -0.25) is 0 Å². The van der Waals surface area contributed by atoms with Crippen LogP contribution < -0.4 is 0 Å². The van der Waals surface area contributed by atoms with Gasteiger partial charge < -0.3 is 5.11 Å². The van der Waals surface area contributed by atoms with E-state index >= 15 is 0 Å². The monoisotopic (exact) mass is 1870 g/mol. The highest BCUT2D eigenvalue weighted by Gasteiger charge is 1.88. The Morgan fingerprint density at radius 3 is 0.183 bits per heavy atom. The van der Waals surface area contributed by atoms with Crippen molar-refractivity contribution in [3.05, 3.63) is 717 Å².